The van der Waals surface area contributed by atoms with Crippen LogP contribution >= 0.6 is 0 Å². The van der Waals surface area contributed by atoms with Gasteiger partial charge in [-0.2, -0.15) is 0 Å². The number of aryl methyl sites for hydroxylation is 1. The Balaban J connectivity index is 2.45. The van der Waals surface area contributed by atoms with Gasteiger partial charge in [0.25, 0.3) is 0 Å². The molecule has 0 bridgehead atoms. The maximum Gasteiger partial charge on any atom is 0.106 e. The van der Waals surface area contributed by atoms with Crippen LogP contribution in [0.3, 0.4) is 0 Å². The molecule has 1 heterocycles. The summed E-state index contributed by atoms with van der Waals surface area (Å²) in [4.78, 5) is 0. The molecule has 11 heavy (non-hydrogen) atoms. The number of rotatable bonds is 1. The van der Waals surface area contributed by atoms with Crippen molar-refractivity contribution in [3.63, 3.8) is 0 Å². The molecule has 1 aliphatic heterocycles. The minimum absolute atomic E-state index is 0.398. The third-order valence-corrected chi connectivity index (χ3v) is 2.33. The highest BCUT2D eigenvalue weighted by Gasteiger charge is 2.26. The maximum atomic E-state index is 5.23. The first kappa shape index (κ1) is 6.86. The Morgan fingerprint density at radius 1 is 1.36 bits per heavy atom. The lowest BCUT2D eigenvalue weighted by Crippen LogP contribution is -1.89. The lowest BCUT2D eigenvalue weighted by atomic mass is 10.0. The van der Waals surface area contributed by atoms with Crippen molar-refractivity contribution in [2.24, 2.45) is 0 Å². The molecule has 1 nitrogen and oxygen atoms in total. The molecule has 58 valence electrons. The Morgan fingerprint density at radius 2 is 2.09 bits per heavy atom. The first-order valence-electron chi connectivity index (χ1n) is 3.97. The van der Waals surface area contributed by atoms with E-state index in [1.165, 1.54) is 16.7 Å². The minimum atomic E-state index is 0.398. The number of ether oxygens (including phenoxy) is 1. The van der Waals surface area contributed by atoms with Crippen LogP contribution in [0, 0.1) is 13.8 Å². The Hall–Kier alpha value is -0.820. The fourth-order valence-corrected chi connectivity index (χ4v) is 1.35. The zero-order chi connectivity index (χ0) is 7.84. The van der Waals surface area contributed by atoms with E-state index in [9.17, 15) is 0 Å². The van der Waals surface area contributed by atoms with Crippen LogP contribution < -0.4 is 0 Å². The standard InChI is InChI=1S/C10H12O/c1-7-4-3-5-9(8(7)2)10-6-11-10/h3-5,10H,6H2,1-2H3/t10-/m0/s1. The fourth-order valence-electron chi connectivity index (χ4n) is 1.35. The molecule has 1 atom stereocenters. The van der Waals surface area contributed by atoms with Crippen LogP contribution in [0.1, 0.15) is 22.8 Å². The van der Waals surface area contributed by atoms with Crippen molar-refractivity contribution in [3.05, 3.63) is 34.9 Å². The van der Waals surface area contributed by atoms with Crippen LogP contribution in [0.25, 0.3) is 0 Å². The van der Waals surface area contributed by atoms with E-state index in [-0.39, 0.29) is 0 Å². The highest BCUT2D eigenvalue weighted by molar-refractivity contribution is 5.35. The molecule has 2 rings (SSSR count). The van der Waals surface area contributed by atoms with Gasteiger partial charge in [-0.05, 0) is 30.5 Å². The molecular formula is C10H12O. The first-order valence-corrected chi connectivity index (χ1v) is 3.97. The molecule has 1 aromatic rings. The Bertz CT molecular complexity index is 274. The molecule has 0 aromatic heterocycles. The molecule has 1 saturated heterocycles. The van der Waals surface area contributed by atoms with E-state index in [0.29, 0.717) is 6.10 Å². The van der Waals surface area contributed by atoms with E-state index >= 15 is 0 Å². The molecule has 1 aromatic carbocycles. The van der Waals surface area contributed by atoms with Crippen LogP contribution in [-0.2, 0) is 4.74 Å². The quantitative estimate of drug-likeness (QED) is 0.557. The zero-order valence-electron chi connectivity index (χ0n) is 6.92. The average molecular weight is 148 g/mol. The molecule has 0 unspecified atom stereocenters. The predicted molar refractivity (Wildman–Crippen MR) is 44.6 cm³/mol. The normalized spacial score (nSPS) is 21.8. The molecule has 0 amide bonds. The van der Waals surface area contributed by atoms with Crippen molar-refractivity contribution in [1.82, 2.24) is 0 Å². The molecule has 0 saturated carbocycles. The van der Waals surface area contributed by atoms with E-state index in [1.807, 2.05) is 0 Å². The van der Waals surface area contributed by atoms with Gasteiger partial charge in [0.15, 0.2) is 0 Å². The summed E-state index contributed by atoms with van der Waals surface area (Å²) in [6.07, 6.45) is 0.398. The summed E-state index contributed by atoms with van der Waals surface area (Å²) in [7, 11) is 0. The van der Waals surface area contributed by atoms with Gasteiger partial charge in [0, 0.05) is 0 Å². The van der Waals surface area contributed by atoms with Crippen molar-refractivity contribution in [2.45, 2.75) is 20.0 Å². The molecule has 0 radical (unpaired) electrons. The minimum Gasteiger partial charge on any atom is -0.368 e. The van der Waals surface area contributed by atoms with Gasteiger partial charge in [-0.25, -0.2) is 0 Å². The van der Waals surface area contributed by atoms with Gasteiger partial charge >= 0.3 is 0 Å². The summed E-state index contributed by atoms with van der Waals surface area (Å²) in [6.45, 7) is 5.21. The third-order valence-electron chi connectivity index (χ3n) is 2.33. The van der Waals surface area contributed by atoms with Crippen LogP contribution in [0.5, 0.6) is 0 Å². The van der Waals surface area contributed by atoms with Gasteiger partial charge in [-0.3, -0.25) is 0 Å². The van der Waals surface area contributed by atoms with Crippen molar-refractivity contribution >= 4 is 0 Å². The number of benzene rings is 1. The van der Waals surface area contributed by atoms with E-state index in [4.69, 9.17) is 4.74 Å². The average Bonchev–Trinajstić information content (AvgIpc) is 2.77. The molecule has 1 fully saturated rings. The summed E-state index contributed by atoms with van der Waals surface area (Å²) in [5.41, 5.74) is 4.11. The molecular weight excluding hydrogens is 136 g/mol. The Labute approximate surface area is 67.0 Å². The number of hydrogen-bond acceptors (Lipinski definition) is 1. The summed E-state index contributed by atoms with van der Waals surface area (Å²) in [5, 5.41) is 0. The van der Waals surface area contributed by atoms with E-state index in [2.05, 4.69) is 32.0 Å². The van der Waals surface area contributed by atoms with Crippen LogP contribution in [0.15, 0.2) is 18.2 Å². The van der Waals surface area contributed by atoms with E-state index < -0.39 is 0 Å². The summed E-state index contributed by atoms with van der Waals surface area (Å²) in [6, 6.07) is 6.39. The van der Waals surface area contributed by atoms with Gasteiger partial charge in [-0.15, -0.1) is 0 Å². The second-order valence-electron chi connectivity index (χ2n) is 3.11. The topological polar surface area (TPSA) is 12.5 Å². The predicted octanol–water partition coefficient (Wildman–Crippen LogP) is 2.37. The zero-order valence-corrected chi connectivity index (χ0v) is 6.92. The lowest BCUT2D eigenvalue weighted by Gasteiger charge is -2.04. The highest BCUT2D eigenvalue weighted by atomic mass is 16.6. The van der Waals surface area contributed by atoms with E-state index in [0.717, 1.165) is 6.61 Å². The molecule has 0 aliphatic carbocycles. The van der Waals surface area contributed by atoms with Gasteiger partial charge < -0.3 is 4.74 Å². The van der Waals surface area contributed by atoms with Crippen LogP contribution in [-0.4, -0.2) is 6.61 Å². The van der Waals surface area contributed by atoms with Crippen molar-refractivity contribution < 1.29 is 4.74 Å². The third kappa shape index (κ3) is 1.16. The summed E-state index contributed by atoms with van der Waals surface area (Å²) < 4.78 is 5.23. The maximum absolute atomic E-state index is 5.23. The van der Waals surface area contributed by atoms with Gasteiger partial charge in [0.1, 0.15) is 6.10 Å². The number of epoxide rings is 1. The van der Waals surface area contributed by atoms with Crippen LogP contribution in [0.2, 0.25) is 0 Å². The van der Waals surface area contributed by atoms with Crippen molar-refractivity contribution in [1.29, 1.82) is 0 Å². The lowest BCUT2D eigenvalue weighted by molar-refractivity contribution is 0.415. The van der Waals surface area contributed by atoms with Crippen molar-refractivity contribution in [3.8, 4) is 0 Å². The highest BCUT2D eigenvalue weighted by Crippen LogP contribution is 2.32. The molecule has 0 N–H and O–H groups in total. The number of hydrogen-bond donors (Lipinski definition) is 0. The van der Waals surface area contributed by atoms with Gasteiger partial charge in [-0.1, -0.05) is 18.2 Å². The van der Waals surface area contributed by atoms with E-state index in [1.54, 1.807) is 0 Å². The second-order valence-corrected chi connectivity index (χ2v) is 3.11. The largest absolute Gasteiger partial charge is 0.368 e. The SMILES string of the molecule is Cc1cccc([C@@H]2CO2)c1C. The molecule has 1 heteroatoms. The van der Waals surface area contributed by atoms with Crippen molar-refractivity contribution in [2.75, 3.05) is 6.61 Å². The van der Waals surface area contributed by atoms with Gasteiger partial charge in [0.2, 0.25) is 0 Å². The Kier molecular flexibility index (Phi) is 1.46. The second kappa shape index (κ2) is 2.35. The van der Waals surface area contributed by atoms with Gasteiger partial charge in [0.05, 0.1) is 6.61 Å². The molecule has 0 spiro atoms. The summed E-state index contributed by atoms with van der Waals surface area (Å²) >= 11 is 0. The monoisotopic (exact) mass is 148 g/mol. The van der Waals surface area contributed by atoms with Crippen LogP contribution in [0.4, 0.5) is 0 Å². The summed E-state index contributed by atoms with van der Waals surface area (Å²) in [5.74, 6) is 0. The first-order chi connectivity index (χ1) is 5.29. The Morgan fingerprint density at radius 3 is 2.73 bits per heavy atom. The molecule has 1 aliphatic rings. The fraction of sp³-hybridized carbons (Fsp3) is 0.400. The smallest absolute Gasteiger partial charge is 0.106 e.